The normalized spacial score (nSPS) is 23.6. The third-order valence-corrected chi connectivity index (χ3v) is 3.81. The van der Waals surface area contributed by atoms with Gasteiger partial charge in [0, 0.05) is 23.5 Å². The van der Waals surface area contributed by atoms with Crippen molar-refractivity contribution in [3.8, 4) is 0 Å². The lowest BCUT2D eigenvalue weighted by Crippen LogP contribution is -2.35. The molecule has 1 aliphatic carbocycles. The van der Waals surface area contributed by atoms with Gasteiger partial charge in [-0.25, -0.2) is 0 Å². The summed E-state index contributed by atoms with van der Waals surface area (Å²) < 4.78 is 0. The summed E-state index contributed by atoms with van der Waals surface area (Å²) in [6, 6.07) is 6.32. The van der Waals surface area contributed by atoms with E-state index in [0.29, 0.717) is 5.41 Å². The molecule has 1 spiro atoms. The molecule has 1 aliphatic heterocycles. The maximum absolute atomic E-state index is 6.30. The highest BCUT2D eigenvalue weighted by Gasteiger charge is 2.49. The molecule has 1 fully saturated rings. The molecule has 0 N–H and O–H groups in total. The minimum absolute atomic E-state index is 0.417. The molecule has 0 saturated heterocycles. The van der Waals surface area contributed by atoms with Crippen LogP contribution in [-0.2, 0) is 12.0 Å². The maximum Gasteiger partial charge on any atom is 0.0447 e. The number of hydrogen-bond acceptors (Lipinski definition) is 1. The smallest absolute Gasteiger partial charge is 0.0447 e. The van der Waals surface area contributed by atoms with Gasteiger partial charge in [0.05, 0.1) is 0 Å². The first-order valence-electron chi connectivity index (χ1n) is 5.18. The quantitative estimate of drug-likeness (QED) is 0.633. The molecule has 2 aliphatic rings. The highest BCUT2D eigenvalue weighted by Crippen LogP contribution is 2.54. The van der Waals surface area contributed by atoms with Crippen molar-refractivity contribution in [2.45, 2.75) is 24.8 Å². The number of nitrogens with zero attached hydrogens (tertiary/aromatic N) is 1. The molecule has 0 atom stereocenters. The van der Waals surface area contributed by atoms with Crippen LogP contribution in [0.15, 0.2) is 18.2 Å². The second kappa shape index (κ2) is 2.74. The van der Waals surface area contributed by atoms with E-state index in [1.54, 1.807) is 0 Å². The SMILES string of the molecule is CN1Cc2cccc(Cl)c2C2(CC2)C1. The Morgan fingerprint density at radius 3 is 2.86 bits per heavy atom. The van der Waals surface area contributed by atoms with Crippen LogP contribution in [-0.4, -0.2) is 18.5 Å². The summed E-state index contributed by atoms with van der Waals surface area (Å²) in [6.45, 7) is 2.24. The van der Waals surface area contributed by atoms with E-state index < -0.39 is 0 Å². The summed E-state index contributed by atoms with van der Waals surface area (Å²) >= 11 is 6.30. The Kier molecular flexibility index (Phi) is 1.71. The van der Waals surface area contributed by atoms with E-state index >= 15 is 0 Å². The van der Waals surface area contributed by atoms with Crippen LogP contribution in [0.3, 0.4) is 0 Å². The fraction of sp³-hybridized carbons (Fsp3) is 0.500. The summed E-state index contributed by atoms with van der Waals surface area (Å²) in [5.41, 5.74) is 3.30. The van der Waals surface area contributed by atoms with E-state index in [2.05, 4.69) is 24.1 Å². The van der Waals surface area contributed by atoms with Gasteiger partial charge in [0.1, 0.15) is 0 Å². The summed E-state index contributed by atoms with van der Waals surface area (Å²) in [4.78, 5) is 2.41. The van der Waals surface area contributed by atoms with E-state index in [-0.39, 0.29) is 0 Å². The van der Waals surface area contributed by atoms with E-state index in [1.165, 1.54) is 30.5 Å². The zero-order valence-corrected chi connectivity index (χ0v) is 9.14. The van der Waals surface area contributed by atoms with E-state index in [9.17, 15) is 0 Å². The molecule has 0 bridgehead atoms. The molecule has 0 unspecified atom stereocenters. The predicted molar refractivity (Wildman–Crippen MR) is 58.7 cm³/mol. The van der Waals surface area contributed by atoms with Gasteiger partial charge in [-0.05, 0) is 37.1 Å². The Labute approximate surface area is 89.7 Å². The van der Waals surface area contributed by atoms with Crippen molar-refractivity contribution in [3.63, 3.8) is 0 Å². The molecule has 0 aromatic heterocycles. The summed E-state index contributed by atoms with van der Waals surface area (Å²) in [6.07, 6.45) is 2.63. The fourth-order valence-corrected chi connectivity index (χ4v) is 3.19. The summed E-state index contributed by atoms with van der Waals surface area (Å²) in [5, 5.41) is 0.980. The summed E-state index contributed by atoms with van der Waals surface area (Å²) in [7, 11) is 2.20. The number of benzene rings is 1. The van der Waals surface area contributed by atoms with Crippen molar-refractivity contribution in [3.05, 3.63) is 34.3 Å². The lowest BCUT2D eigenvalue weighted by Gasteiger charge is -2.33. The minimum atomic E-state index is 0.417. The average molecular weight is 208 g/mol. The number of likely N-dealkylation sites (N-methyl/N-ethyl adjacent to an activating group) is 1. The Morgan fingerprint density at radius 2 is 2.14 bits per heavy atom. The van der Waals surface area contributed by atoms with Gasteiger partial charge in [0.15, 0.2) is 0 Å². The maximum atomic E-state index is 6.30. The van der Waals surface area contributed by atoms with Gasteiger partial charge in [-0.15, -0.1) is 0 Å². The third kappa shape index (κ3) is 1.12. The molecular weight excluding hydrogens is 194 g/mol. The van der Waals surface area contributed by atoms with Crippen LogP contribution >= 0.6 is 11.6 Å². The van der Waals surface area contributed by atoms with Gasteiger partial charge in [-0.3, -0.25) is 0 Å². The number of halogens is 1. The Bertz CT molecular complexity index is 382. The van der Waals surface area contributed by atoms with Gasteiger partial charge in [-0.1, -0.05) is 23.7 Å². The molecule has 1 saturated carbocycles. The second-order valence-corrected chi connectivity index (χ2v) is 5.13. The fourth-order valence-electron chi connectivity index (χ4n) is 2.80. The zero-order valence-electron chi connectivity index (χ0n) is 8.39. The van der Waals surface area contributed by atoms with Crippen molar-refractivity contribution in [2.24, 2.45) is 0 Å². The highest BCUT2D eigenvalue weighted by molar-refractivity contribution is 6.31. The van der Waals surface area contributed by atoms with Crippen molar-refractivity contribution in [2.75, 3.05) is 13.6 Å². The molecule has 3 rings (SSSR count). The zero-order chi connectivity index (χ0) is 9.76. The number of fused-ring (bicyclic) bond motifs is 2. The van der Waals surface area contributed by atoms with E-state index in [4.69, 9.17) is 11.6 Å². The van der Waals surface area contributed by atoms with Crippen molar-refractivity contribution >= 4 is 11.6 Å². The highest BCUT2D eigenvalue weighted by atomic mass is 35.5. The minimum Gasteiger partial charge on any atom is -0.301 e. The average Bonchev–Trinajstić information content (AvgIpc) is 2.84. The number of rotatable bonds is 0. The molecular formula is C12H14ClN. The number of hydrogen-bond donors (Lipinski definition) is 0. The first-order valence-corrected chi connectivity index (χ1v) is 5.55. The van der Waals surface area contributed by atoms with Crippen molar-refractivity contribution < 1.29 is 0 Å². The molecule has 14 heavy (non-hydrogen) atoms. The third-order valence-electron chi connectivity index (χ3n) is 3.50. The van der Waals surface area contributed by atoms with Gasteiger partial charge in [0.25, 0.3) is 0 Å². The Balaban J connectivity index is 2.18. The Morgan fingerprint density at radius 1 is 1.36 bits per heavy atom. The van der Waals surface area contributed by atoms with E-state index in [0.717, 1.165) is 11.6 Å². The molecule has 1 nitrogen and oxygen atoms in total. The first-order chi connectivity index (χ1) is 6.71. The van der Waals surface area contributed by atoms with Gasteiger partial charge in [-0.2, -0.15) is 0 Å². The Hall–Kier alpha value is -0.530. The molecule has 1 aromatic rings. The van der Waals surface area contributed by atoms with Gasteiger partial charge < -0.3 is 4.90 Å². The first kappa shape index (κ1) is 8.75. The van der Waals surface area contributed by atoms with Gasteiger partial charge >= 0.3 is 0 Å². The van der Waals surface area contributed by atoms with Gasteiger partial charge in [0.2, 0.25) is 0 Å². The largest absolute Gasteiger partial charge is 0.301 e. The predicted octanol–water partition coefficient (Wildman–Crippen LogP) is 2.82. The van der Waals surface area contributed by atoms with Crippen molar-refractivity contribution in [1.29, 1.82) is 0 Å². The van der Waals surface area contributed by atoms with Crippen LogP contribution in [0.5, 0.6) is 0 Å². The van der Waals surface area contributed by atoms with E-state index in [1.807, 2.05) is 6.07 Å². The monoisotopic (exact) mass is 207 g/mol. The molecule has 1 aromatic carbocycles. The molecule has 0 radical (unpaired) electrons. The molecule has 1 heterocycles. The van der Waals surface area contributed by atoms with Crippen LogP contribution in [0.4, 0.5) is 0 Å². The lowest BCUT2D eigenvalue weighted by molar-refractivity contribution is 0.271. The van der Waals surface area contributed by atoms with Crippen LogP contribution < -0.4 is 0 Å². The lowest BCUT2D eigenvalue weighted by atomic mass is 9.87. The second-order valence-electron chi connectivity index (χ2n) is 4.73. The molecule has 0 amide bonds. The van der Waals surface area contributed by atoms with Crippen molar-refractivity contribution in [1.82, 2.24) is 4.90 Å². The topological polar surface area (TPSA) is 3.24 Å². The molecule has 2 heteroatoms. The van der Waals surface area contributed by atoms with Crippen LogP contribution in [0, 0.1) is 0 Å². The standard InChI is InChI=1S/C12H14ClN/c1-14-7-9-3-2-4-10(13)11(9)12(8-14)5-6-12/h2-4H,5-8H2,1H3. The van der Waals surface area contributed by atoms with Crippen LogP contribution in [0.2, 0.25) is 5.02 Å². The molecule has 74 valence electrons. The van der Waals surface area contributed by atoms with Crippen LogP contribution in [0.1, 0.15) is 24.0 Å². The summed E-state index contributed by atoms with van der Waals surface area (Å²) in [5.74, 6) is 0. The van der Waals surface area contributed by atoms with Crippen LogP contribution in [0.25, 0.3) is 0 Å².